The maximum absolute atomic E-state index is 6.01. The van der Waals surface area contributed by atoms with Crippen molar-refractivity contribution in [2.24, 2.45) is 11.8 Å². The van der Waals surface area contributed by atoms with Gasteiger partial charge >= 0.3 is 0 Å². The number of hydrogen-bond acceptors (Lipinski definition) is 2. The molecule has 1 aromatic heterocycles. The summed E-state index contributed by atoms with van der Waals surface area (Å²) in [6, 6.07) is 12.7. The molecule has 0 spiro atoms. The van der Waals surface area contributed by atoms with Crippen LogP contribution in [0.4, 0.5) is 0 Å². The van der Waals surface area contributed by atoms with E-state index in [4.69, 9.17) is 4.74 Å². The molecular weight excluding hydrogens is 366 g/mol. The molecule has 0 saturated heterocycles. The number of aryl methyl sites for hydroxylation is 1. The molecule has 2 nitrogen and oxygen atoms in total. The van der Waals surface area contributed by atoms with E-state index < -0.39 is 0 Å². The molecule has 0 radical (unpaired) electrons. The minimum Gasteiger partial charge on any atom is -0.494 e. The number of rotatable bonds is 12. The van der Waals surface area contributed by atoms with Gasteiger partial charge < -0.3 is 4.74 Å². The molecule has 0 unspecified atom stereocenters. The van der Waals surface area contributed by atoms with Crippen LogP contribution in [0.15, 0.2) is 42.6 Å². The summed E-state index contributed by atoms with van der Waals surface area (Å²) in [5, 5.41) is 0. The Morgan fingerprint density at radius 2 is 1.50 bits per heavy atom. The molecule has 2 heteroatoms. The normalized spacial score (nSPS) is 19.0. The SMILES string of the molecule is CCCCC[C@H]1CC[C@H](CCCOc2ccc(-c3ccc(CCC)cn3)cc2)CC1. The molecule has 1 fully saturated rings. The summed E-state index contributed by atoms with van der Waals surface area (Å²) >= 11 is 0. The van der Waals surface area contributed by atoms with Gasteiger partial charge in [0.25, 0.3) is 0 Å². The molecule has 1 saturated carbocycles. The minimum atomic E-state index is 0.833. The van der Waals surface area contributed by atoms with Crippen molar-refractivity contribution in [1.29, 1.82) is 0 Å². The van der Waals surface area contributed by atoms with Crippen molar-refractivity contribution >= 4 is 0 Å². The fourth-order valence-electron chi connectivity index (χ4n) is 4.81. The van der Waals surface area contributed by atoms with Gasteiger partial charge in [0.15, 0.2) is 0 Å². The van der Waals surface area contributed by atoms with E-state index in [1.165, 1.54) is 69.8 Å². The Morgan fingerprint density at radius 3 is 2.10 bits per heavy atom. The Kier molecular flexibility index (Phi) is 9.73. The van der Waals surface area contributed by atoms with Crippen molar-refractivity contribution < 1.29 is 4.74 Å². The van der Waals surface area contributed by atoms with E-state index in [9.17, 15) is 0 Å². The van der Waals surface area contributed by atoms with Crippen LogP contribution >= 0.6 is 0 Å². The standard InChI is InChI=1S/C28H41NO/c1-3-5-6-9-23-11-13-24(14-12-23)10-7-21-30-27-18-16-26(17-19-27)28-20-15-25(8-4-2)22-29-28/h15-20,22-24H,3-14,21H2,1-2H3/t23-,24-. The van der Waals surface area contributed by atoms with Crippen LogP contribution in [0.5, 0.6) is 5.75 Å². The third-order valence-corrected chi connectivity index (χ3v) is 6.72. The molecule has 0 bridgehead atoms. The molecule has 164 valence electrons. The van der Waals surface area contributed by atoms with Gasteiger partial charge in [-0.1, -0.05) is 77.7 Å². The fourth-order valence-corrected chi connectivity index (χ4v) is 4.81. The van der Waals surface area contributed by atoms with E-state index in [2.05, 4.69) is 55.2 Å². The molecule has 3 rings (SSSR count). The molecule has 1 aliphatic rings. The Labute approximate surface area is 184 Å². The van der Waals surface area contributed by atoms with E-state index in [1.54, 1.807) is 0 Å². The van der Waals surface area contributed by atoms with Gasteiger partial charge in [-0.15, -0.1) is 0 Å². The first-order valence-corrected chi connectivity index (χ1v) is 12.5. The smallest absolute Gasteiger partial charge is 0.119 e. The summed E-state index contributed by atoms with van der Waals surface area (Å²) in [5.74, 6) is 2.92. The highest BCUT2D eigenvalue weighted by Gasteiger charge is 2.20. The van der Waals surface area contributed by atoms with Gasteiger partial charge in [-0.3, -0.25) is 4.98 Å². The van der Waals surface area contributed by atoms with Gasteiger partial charge in [0, 0.05) is 11.8 Å². The minimum absolute atomic E-state index is 0.833. The van der Waals surface area contributed by atoms with Crippen LogP contribution in [0.2, 0.25) is 0 Å². The van der Waals surface area contributed by atoms with E-state index >= 15 is 0 Å². The van der Waals surface area contributed by atoms with Crippen molar-refractivity contribution in [3.63, 3.8) is 0 Å². The second-order valence-electron chi connectivity index (χ2n) is 9.20. The summed E-state index contributed by atoms with van der Waals surface area (Å²) in [4.78, 5) is 4.61. The summed E-state index contributed by atoms with van der Waals surface area (Å²) in [6.45, 7) is 5.34. The van der Waals surface area contributed by atoms with E-state index in [-0.39, 0.29) is 0 Å². The van der Waals surface area contributed by atoms with Gasteiger partial charge in [-0.05, 0) is 67.0 Å². The van der Waals surface area contributed by atoms with E-state index in [0.717, 1.165) is 48.3 Å². The van der Waals surface area contributed by atoms with Gasteiger partial charge in [0.2, 0.25) is 0 Å². The number of nitrogens with zero attached hydrogens (tertiary/aromatic N) is 1. The number of hydrogen-bond donors (Lipinski definition) is 0. The molecule has 1 heterocycles. The molecule has 30 heavy (non-hydrogen) atoms. The van der Waals surface area contributed by atoms with Crippen LogP contribution in [0.3, 0.4) is 0 Å². The monoisotopic (exact) mass is 407 g/mol. The van der Waals surface area contributed by atoms with Crippen LogP contribution < -0.4 is 4.74 Å². The van der Waals surface area contributed by atoms with Gasteiger partial charge in [0.1, 0.15) is 5.75 Å². The molecule has 0 atom stereocenters. The first kappa shape index (κ1) is 22.8. The number of unbranched alkanes of at least 4 members (excludes halogenated alkanes) is 2. The van der Waals surface area contributed by atoms with Crippen LogP contribution in [0, 0.1) is 11.8 Å². The van der Waals surface area contributed by atoms with Crippen molar-refractivity contribution in [1.82, 2.24) is 4.98 Å². The third kappa shape index (κ3) is 7.45. The summed E-state index contributed by atoms with van der Waals surface area (Å²) < 4.78 is 6.01. The Hall–Kier alpha value is -1.83. The Bertz CT molecular complexity index is 698. The third-order valence-electron chi connectivity index (χ3n) is 6.72. The van der Waals surface area contributed by atoms with Crippen molar-refractivity contribution in [3.05, 3.63) is 48.2 Å². The highest BCUT2D eigenvalue weighted by molar-refractivity contribution is 5.60. The Morgan fingerprint density at radius 1 is 0.800 bits per heavy atom. The molecule has 1 aliphatic carbocycles. The second kappa shape index (κ2) is 12.8. The van der Waals surface area contributed by atoms with Crippen molar-refractivity contribution in [2.75, 3.05) is 6.61 Å². The summed E-state index contributed by atoms with van der Waals surface area (Å²) in [7, 11) is 0. The maximum atomic E-state index is 6.01. The van der Waals surface area contributed by atoms with Gasteiger partial charge in [0.05, 0.1) is 12.3 Å². The summed E-state index contributed by atoms with van der Waals surface area (Å²) in [6.07, 6.45) is 18.2. The van der Waals surface area contributed by atoms with E-state index in [0.29, 0.717) is 0 Å². The maximum Gasteiger partial charge on any atom is 0.119 e. The number of aromatic nitrogens is 1. The second-order valence-corrected chi connectivity index (χ2v) is 9.20. The van der Waals surface area contributed by atoms with Crippen molar-refractivity contribution in [2.45, 2.75) is 90.9 Å². The van der Waals surface area contributed by atoms with Crippen LogP contribution in [0.25, 0.3) is 11.3 Å². The van der Waals surface area contributed by atoms with Crippen molar-refractivity contribution in [3.8, 4) is 17.0 Å². The zero-order valence-electron chi connectivity index (χ0n) is 19.2. The molecule has 2 aromatic rings. The first-order valence-electron chi connectivity index (χ1n) is 12.5. The molecular formula is C28H41NO. The van der Waals surface area contributed by atoms with Crippen LogP contribution in [-0.2, 0) is 6.42 Å². The first-order chi connectivity index (χ1) is 14.8. The van der Waals surface area contributed by atoms with Gasteiger partial charge in [-0.2, -0.15) is 0 Å². The highest BCUT2D eigenvalue weighted by Crippen LogP contribution is 2.34. The molecule has 0 amide bonds. The summed E-state index contributed by atoms with van der Waals surface area (Å²) in [5.41, 5.74) is 3.50. The van der Waals surface area contributed by atoms with Crippen LogP contribution in [-0.4, -0.2) is 11.6 Å². The average molecular weight is 408 g/mol. The zero-order chi connectivity index (χ0) is 21.0. The predicted molar refractivity (Wildman–Crippen MR) is 128 cm³/mol. The lowest BCUT2D eigenvalue weighted by Crippen LogP contribution is -2.15. The quantitative estimate of drug-likeness (QED) is 0.330. The molecule has 1 aromatic carbocycles. The van der Waals surface area contributed by atoms with Crippen LogP contribution in [0.1, 0.15) is 90.0 Å². The predicted octanol–water partition coefficient (Wildman–Crippen LogP) is 8.25. The zero-order valence-corrected chi connectivity index (χ0v) is 19.2. The lowest BCUT2D eigenvalue weighted by Gasteiger charge is -2.28. The number of ether oxygens (including phenoxy) is 1. The van der Waals surface area contributed by atoms with Gasteiger partial charge in [-0.25, -0.2) is 0 Å². The lowest BCUT2D eigenvalue weighted by atomic mass is 9.78. The number of pyridine rings is 1. The molecule has 0 aliphatic heterocycles. The fraction of sp³-hybridized carbons (Fsp3) is 0.607. The van der Waals surface area contributed by atoms with E-state index in [1.807, 2.05) is 6.20 Å². The highest BCUT2D eigenvalue weighted by atomic mass is 16.5. The molecule has 0 N–H and O–H groups in total. The number of benzene rings is 1. The Balaban J connectivity index is 1.33. The largest absolute Gasteiger partial charge is 0.494 e. The average Bonchev–Trinajstić information content (AvgIpc) is 2.79. The topological polar surface area (TPSA) is 22.1 Å². The lowest BCUT2D eigenvalue weighted by molar-refractivity contribution is 0.228.